The number of aliphatic hydroxyl groups is 1. The molecule has 1 fully saturated rings. The number of aromatic amines is 1. The third kappa shape index (κ3) is 4.63. The van der Waals surface area contributed by atoms with Gasteiger partial charge in [-0.3, -0.25) is 0 Å². The number of rotatable bonds is 7. The first-order valence-corrected chi connectivity index (χ1v) is 19.2. The lowest BCUT2D eigenvalue weighted by molar-refractivity contribution is 0.00616. The fourth-order valence-electron chi connectivity index (χ4n) is 5.02. The van der Waals surface area contributed by atoms with Gasteiger partial charge in [0.15, 0.2) is 22.5 Å². The maximum atomic E-state index is 10.8. The molecule has 0 saturated heterocycles. The molecule has 3 aromatic heterocycles. The molecule has 1 saturated carbocycles. The Bertz CT molecular complexity index is 1260. The number of hydrogen-bond donors (Lipinski definition) is 3. The van der Waals surface area contributed by atoms with Gasteiger partial charge in [-0.1, -0.05) is 41.5 Å². The molecule has 3 aromatic rings. The Morgan fingerprint density at radius 1 is 1.08 bits per heavy atom. The normalized spacial score (nSPS) is 25.4. The number of nitrogen functional groups attached to an aromatic ring is 1. The summed E-state index contributed by atoms with van der Waals surface area (Å²) in [7, 11) is -4.60. The topological polar surface area (TPSA) is 136 Å². The van der Waals surface area contributed by atoms with Gasteiger partial charge in [0.05, 0.1) is 35.2 Å². The maximum absolute atomic E-state index is 10.8. The summed E-state index contributed by atoms with van der Waals surface area (Å²) in [6, 6.07) is 3.96. The van der Waals surface area contributed by atoms with E-state index in [4.69, 9.17) is 14.6 Å². The molecule has 0 aromatic carbocycles. The zero-order valence-corrected chi connectivity index (χ0v) is 26.5. The summed E-state index contributed by atoms with van der Waals surface area (Å²) in [5.41, 5.74) is 7.77. The molecule has 0 aliphatic heterocycles. The van der Waals surface area contributed by atoms with Crippen molar-refractivity contribution in [3.05, 3.63) is 36.0 Å². The quantitative estimate of drug-likeness (QED) is 0.360. The van der Waals surface area contributed by atoms with Crippen LogP contribution in [0.2, 0.25) is 36.3 Å². The minimum atomic E-state index is -2.34. The summed E-state index contributed by atoms with van der Waals surface area (Å²) >= 11 is 0. The smallest absolute Gasteiger partial charge is 0.192 e. The van der Waals surface area contributed by atoms with Gasteiger partial charge in [0.1, 0.15) is 11.8 Å². The molecule has 1 aliphatic rings. The highest BCUT2D eigenvalue weighted by Crippen LogP contribution is 2.55. The van der Waals surface area contributed by atoms with Gasteiger partial charge in [-0.15, -0.1) is 0 Å². The summed E-state index contributed by atoms with van der Waals surface area (Å²) in [5.74, 6) is 0.217. The minimum Gasteiger partial charge on any atom is -0.411 e. The molecule has 4 rings (SSSR count). The van der Waals surface area contributed by atoms with E-state index in [1.54, 1.807) is 6.20 Å². The van der Waals surface area contributed by atoms with Crippen molar-refractivity contribution in [3.8, 4) is 0 Å². The van der Waals surface area contributed by atoms with E-state index in [1.807, 2.05) is 16.6 Å². The summed E-state index contributed by atoms with van der Waals surface area (Å²) in [4.78, 5) is 4.19. The lowest BCUT2D eigenvalue weighted by Gasteiger charge is -2.47. The van der Waals surface area contributed by atoms with Crippen LogP contribution in [0.5, 0.6) is 0 Å². The number of H-pyrrole nitrogens is 1. The number of nitrogens with two attached hydrogens (primary N) is 1. The number of fused-ring (bicyclic) bond motifs is 1. The van der Waals surface area contributed by atoms with Gasteiger partial charge in [-0.05, 0) is 54.8 Å². The molecule has 210 valence electrons. The van der Waals surface area contributed by atoms with Crippen LogP contribution in [0.25, 0.3) is 5.52 Å². The van der Waals surface area contributed by atoms with E-state index in [0.717, 1.165) is 11.4 Å². The van der Waals surface area contributed by atoms with Crippen LogP contribution in [-0.4, -0.2) is 70.6 Å². The average molecular weight is 560 g/mol. The number of aromatic nitrogens is 6. The summed E-state index contributed by atoms with van der Waals surface area (Å²) in [6.45, 7) is 22.4. The second-order valence-electron chi connectivity index (χ2n) is 13.8. The number of anilines is 1. The van der Waals surface area contributed by atoms with Crippen LogP contribution >= 0.6 is 0 Å². The van der Waals surface area contributed by atoms with Crippen molar-refractivity contribution >= 4 is 28.0 Å². The van der Waals surface area contributed by atoms with Gasteiger partial charge < -0.3 is 19.7 Å². The Balaban J connectivity index is 2.01. The Morgan fingerprint density at radius 2 is 1.71 bits per heavy atom. The molecule has 4 N–H and O–H groups in total. The van der Waals surface area contributed by atoms with Crippen molar-refractivity contribution in [3.63, 3.8) is 0 Å². The van der Waals surface area contributed by atoms with E-state index in [2.05, 4.69) is 93.2 Å². The highest BCUT2D eigenvalue weighted by Gasteiger charge is 2.62. The average Bonchev–Trinajstić information content (AvgIpc) is 3.52. The third-order valence-corrected chi connectivity index (χ3v) is 18.3. The van der Waals surface area contributed by atoms with Gasteiger partial charge in [0, 0.05) is 12.5 Å². The van der Waals surface area contributed by atoms with Crippen LogP contribution < -0.4 is 5.73 Å². The van der Waals surface area contributed by atoms with Gasteiger partial charge in [0.2, 0.25) is 0 Å². The molecule has 0 unspecified atom stereocenters. The fourth-order valence-corrected chi connectivity index (χ4v) is 7.69. The highest BCUT2D eigenvalue weighted by molar-refractivity contribution is 6.74. The first-order valence-electron chi connectivity index (χ1n) is 13.4. The molecule has 0 spiro atoms. The molecule has 1 aliphatic carbocycles. The Hall–Kier alpha value is -2.13. The summed E-state index contributed by atoms with van der Waals surface area (Å²) in [6.07, 6.45) is 3.00. The van der Waals surface area contributed by atoms with Crippen molar-refractivity contribution in [2.24, 2.45) is 5.92 Å². The number of hydrogen-bond acceptors (Lipinski definition) is 8. The lowest BCUT2D eigenvalue weighted by Crippen LogP contribution is -2.56. The van der Waals surface area contributed by atoms with Gasteiger partial charge >= 0.3 is 0 Å². The summed E-state index contributed by atoms with van der Waals surface area (Å²) < 4.78 is 16.4. The molecule has 0 amide bonds. The molecule has 4 atom stereocenters. The van der Waals surface area contributed by atoms with E-state index in [1.165, 1.54) is 6.33 Å². The molecular formula is C26H45N7O3Si2. The number of nitrogens with one attached hydrogen (secondary N) is 1. The largest absolute Gasteiger partial charge is 0.411 e. The van der Waals surface area contributed by atoms with E-state index < -0.39 is 28.2 Å². The number of nitrogens with zero attached hydrogens (tertiary/aromatic N) is 5. The SMILES string of the molecule is CC(C)(C)[Si](C)(C)O[C@@H]1[C@@H](CO)C[C@@](c2cn[nH]n2)(c2ccc3c(N)ncnn23)[C@H]1O[Si](C)(C)C(C)(C)C. The van der Waals surface area contributed by atoms with E-state index in [0.29, 0.717) is 17.8 Å². The zero-order chi connectivity index (χ0) is 28.3. The van der Waals surface area contributed by atoms with E-state index in [-0.39, 0.29) is 28.7 Å². The lowest BCUT2D eigenvalue weighted by atomic mass is 9.77. The van der Waals surface area contributed by atoms with E-state index in [9.17, 15) is 5.11 Å². The molecule has 0 bridgehead atoms. The minimum absolute atomic E-state index is 0.0168. The van der Waals surface area contributed by atoms with Crippen molar-refractivity contribution in [2.75, 3.05) is 12.3 Å². The molecule has 38 heavy (non-hydrogen) atoms. The van der Waals surface area contributed by atoms with Crippen LogP contribution in [0.1, 0.15) is 59.4 Å². The second-order valence-corrected chi connectivity index (χ2v) is 23.3. The second kappa shape index (κ2) is 9.51. The Kier molecular flexibility index (Phi) is 7.22. The maximum Gasteiger partial charge on any atom is 0.192 e. The van der Waals surface area contributed by atoms with Gasteiger partial charge in [-0.25, -0.2) is 9.50 Å². The van der Waals surface area contributed by atoms with Crippen molar-refractivity contribution < 1.29 is 14.0 Å². The van der Waals surface area contributed by atoms with E-state index >= 15 is 0 Å². The zero-order valence-electron chi connectivity index (χ0n) is 24.5. The van der Waals surface area contributed by atoms with Crippen molar-refractivity contribution in [1.82, 2.24) is 30.0 Å². The van der Waals surface area contributed by atoms with Gasteiger partial charge in [0.25, 0.3) is 0 Å². The predicted molar refractivity (Wildman–Crippen MR) is 154 cm³/mol. The van der Waals surface area contributed by atoms with Crippen LogP contribution in [0.3, 0.4) is 0 Å². The third-order valence-electron chi connectivity index (χ3n) is 9.34. The Labute approximate surface area is 228 Å². The number of aliphatic hydroxyl groups excluding tert-OH is 1. The van der Waals surface area contributed by atoms with Crippen LogP contribution in [-0.2, 0) is 14.3 Å². The first kappa shape index (κ1) is 28.9. The highest BCUT2D eigenvalue weighted by atomic mass is 28.4. The fraction of sp³-hybridized carbons (Fsp3) is 0.692. The molecule has 12 heteroatoms. The van der Waals surface area contributed by atoms with Crippen LogP contribution in [0.4, 0.5) is 5.82 Å². The van der Waals surface area contributed by atoms with Crippen LogP contribution in [0.15, 0.2) is 24.7 Å². The van der Waals surface area contributed by atoms with Crippen LogP contribution in [0, 0.1) is 5.92 Å². The predicted octanol–water partition coefficient (Wildman–Crippen LogP) is 4.51. The molecule has 0 radical (unpaired) electrons. The monoisotopic (exact) mass is 559 g/mol. The summed E-state index contributed by atoms with van der Waals surface area (Å²) in [5, 5.41) is 27.0. The molecule has 10 nitrogen and oxygen atoms in total. The molecule has 3 heterocycles. The standard InChI is InChI=1S/C26H45N7O3Si2/c1-24(2,3)37(7,8)35-21-17(15-34)13-26(19-14-29-32-31-19,22(21)36-38(9,10)25(4,5)6)20-12-11-18-23(27)28-16-30-33(18)20/h11-12,14,16-17,21-22,34H,13,15H2,1-10H3,(H2,27,28,30)(H,29,31,32)/t17-,21-,22+,26-/m1/s1. The van der Waals surface area contributed by atoms with Gasteiger partial charge in [-0.2, -0.15) is 20.5 Å². The van der Waals surface area contributed by atoms with Crippen molar-refractivity contribution in [1.29, 1.82) is 0 Å². The molecular weight excluding hydrogens is 515 g/mol. The Morgan fingerprint density at radius 3 is 2.26 bits per heavy atom. The van der Waals surface area contributed by atoms with Crippen molar-refractivity contribution in [2.45, 2.75) is 102 Å². The first-order chi connectivity index (χ1) is 17.5.